The van der Waals surface area contributed by atoms with Crippen LogP contribution in [0.15, 0.2) is 0 Å². The quantitative estimate of drug-likeness (QED) is 0.798. The van der Waals surface area contributed by atoms with E-state index in [2.05, 4.69) is 41.6 Å². The molecular weight excluding hydrogens is 206 g/mol. The van der Waals surface area contributed by atoms with Gasteiger partial charge in [0.15, 0.2) is 5.82 Å². The lowest BCUT2D eigenvalue weighted by Gasteiger charge is -2.20. The van der Waals surface area contributed by atoms with Crippen molar-refractivity contribution >= 4 is 0 Å². The van der Waals surface area contributed by atoms with Crippen LogP contribution in [0, 0.1) is 0 Å². The van der Waals surface area contributed by atoms with Crippen molar-refractivity contribution in [1.29, 1.82) is 0 Å². The first-order chi connectivity index (χ1) is 7.42. The fourth-order valence-corrected chi connectivity index (χ4v) is 1.15. The van der Waals surface area contributed by atoms with Gasteiger partial charge < -0.3 is 10.1 Å². The number of hydrogen-bond acceptors (Lipinski definition) is 5. The van der Waals surface area contributed by atoms with Crippen molar-refractivity contribution in [1.82, 2.24) is 25.5 Å². The highest BCUT2D eigenvalue weighted by Gasteiger charge is 2.13. The first-order valence-electron chi connectivity index (χ1n) is 5.45. The molecule has 0 bridgehead atoms. The molecule has 16 heavy (non-hydrogen) atoms. The van der Waals surface area contributed by atoms with Crippen LogP contribution in [0.2, 0.25) is 0 Å². The Balaban J connectivity index is 2.57. The molecule has 0 aliphatic rings. The second-order valence-corrected chi connectivity index (χ2v) is 4.93. The SMILES string of the molecule is COC(C)Cn1nnnc1CNC(C)(C)C. The topological polar surface area (TPSA) is 64.9 Å². The molecule has 1 aromatic rings. The number of aromatic nitrogens is 4. The molecule has 6 nitrogen and oxygen atoms in total. The van der Waals surface area contributed by atoms with Gasteiger partial charge in [0.25, 0.3) is 0 Å². The van der Waals surface area contributed by atoms with E-state index in [-0.39, 0.29) is 11.6 Å². The number of rotatable bonds is 5. The Hall–Kier alpha value is -1.01. The third-order valence-corrected chi connectivity index (χ3v) is 2.22. The van der Waals surface area contributed by atoms with Crippen LogP contribution in [0.4, 0.5) is 0 Å². The smallest absolute Gasteiger partial charge is 0.165 e. The van der Waals surface area contributed by atoms with E-state index in [1.54, 1.807) is 11.8 Å². The van der Waals surface area contributed by atoms with Gasteiger partial charge in [0.05, 0.1) is 19.2 Å². The summed E-state index contributed by atoms with van der Waals surface area (Å²) in [7, 11) is 1.68. The van der Waals surface area contributed by atoms with Crippen molar-refractivity contribution in [2.75, 3.05) is 7.11 Å². The van der Waals surface area contributed by atoms with Crippen molar-refractivity contribution in [2.24, 2.45) is 0 Å². The molecule has 0 saturated heterocycles. The summed E-state index contributed by atoms with van der Waals surface area (Å²) < 4.78 is 6.96. The molecule has 6 heteroatoms. The van der Waals surface area contributed by atoms with Crippen LogP contribution in [0.5, 0.6) is 0 Å². The Morgan fingerprint density at radius 3 is 2.69 bits per heavy atom. The van der Waals surface area contributed by atoms with E-state index >= 15 is 0 Å². The van der Waals surface area contributed by atoms with Gasteiger partial charge in [-0.3, -0.25) is 0 Å². The molecule has 0 fully saturated rings. The van der Waals surface area contributed by atoms with Crippen molar-refractivity contribution in [3.05, 3.63) is 5.82 Å². The summed E-state index contributed by atoms with van der Waals surface area (Å²) in [6.07, 6.45) is 0.108. The van der Waals surface area contributed by atoms with Gasteiger partial charge in [-0.2, -0.15) is 0 Å². The van der Waals surface area contributed by atoms with Crippen LogP contribution in [0.1, 0.15) is 33.5 Å². The predicted octanol–water partition coefficient (Wildman–Crippen LogP) is 0.596. The van der Waals surface area contributed by atoms with Crippen LogP contribution in [0.25, 0.3) is 0 Å². The molecule has 1 rings (SSSR count). The average molecular weight is 227 g/mol. The fourth-order valence-electron chi connectivity index (χ4n) is 1.15. The highest BCUT2D eigenvalue weighted by atomic mass is 16.5. The Kier molecular flexibility index (Phi) is 4.37. The van der Waals surface area contributed by atoms with Gasteiger partial charge in [-0.15, -0.1) is 5.10 Å². The Morgan fingerprint density at radius 2 is 2.12 bits per heavy atom. The molecule has 1 N–H and O–H groups in total. The monoisotopic (exact) mass is 227 g/mol. The second-order valence-electron chi connectivity index (χ2n) is 4.93. The summed E-state index contributed by atoms with van der Waals surface area (Å²) in [5.41, 5.74) is 0.0592. The maximum absolute atomic E-state index is 5.19. The lowest BCUT2D eigenvalue weighted by atomic mass is 10.1. The number of hydrogen-bond donors (Lipinski definition) is 1. The number of nitrogens with zero attached hydrogens (tertiary/aromatic N) is 4. The molecule has 0 aliphatic heterocycles. The lowest BCUT2D eigenvalue weighted by Crippen LogP contribution is -2.36. The van der Waals surface area contributed by atoms with E-state index in [0.29, 0.717) is 13.1 Å². The minimum atomic E-state index is 0.0592. The standard InChI is InChI=1S/C10H21N5O/c1-8(16-5)7-15-9(12-13-14-15)6-11-10(2,3)4/h8,11H,6-7H2,1-5H3. The van der Waals surface area contributed by atoms with Gasteiger partial charge in [0.1, 0.15) is 0 Å². The summed E-state index contributed by atoms with van der Waals surface area (Å²) in [6, 6.07) is 0. The van der Waals surface area contributed by atoms with E-state index in [1.807, 2.05) is 6.92 Å². The van der Waals surface area contributed by atoms with Gasteiger partial charge in [-0.1, -0.05) is 0 Å². The molecule has 0 amide bonds. The fraction of sp³-hybridized carbons (Fsp3) is 0.900. The Bertz CT molecular complexity index is 317. The summed E-state index contributed by atoms with van der Waals surface area (Å²) >= 11 is 0. The second kappa shape index (κ2) is 5.36. The van der Waals surface area contributed by atoms with E-state index in [4.69, 9.17) is 4.74 Å². The molecule has 0 aromatic carbocycles. The highest BCUT2D eigenvalue weighted by Crippen LogP contribution is 2.02. The van der Waals surface area contributed by atoms with E-state index in [0.717, 1.165) is 5.82 Å². The summed E-state index contributed by atoms with van der Waals surface area (Å²) in [6.45, 7) is 9.65. The lowest BCUT2D eigenvalue weighted by molar-refractivity contribution is 0.0981. The first kappa shape index (κ1) is 13.1. The summed E-state index contributed by atoms with van der Waals surface area (Å²) in [4.78, 5) is 0. The zero-order valence-corrected chi connectivity index (χ0v) is 10.7. The molecule has 1 atom stereocenters. The van der Waals surface area contributed by atoms with Crippen molar-refractivity contribution < 1.29 is 4.74 Å². The maximum atomic E-state index is 5.19. The van der Waals surface area contributed by atoms with Crippen molar-refractivity contribution in [2.45, 2.75) is 52.4 Å². The van der Waals surface area contributed by atoms with Crippen LogP contribution in [0.3, 0.4) is 0 Å². The largest absolute Gasteiger partial charge is 0.380 e. The molecule has 0 aliphatic carbocycles. The third-order valence-electron chi connectivity index (χ3n) is 2.22. The average Bonchev–Trinajstić information content (AvgIpc) is 2.61. The number of nitrogens with one attached hydrogen (secondary N) is 1. The molecule has 0 radical (unpaired) electrons. The highest BCUT2D eigenvalue weighted by molar-refractivity contribution is 4.83. The van der Waals surface area contributed by atoms with Gasteiger partial charge in [0, 0.05) is 12.6 Å². The van der Waals surface area contributed by atoms with Crippen molar-refractivity contribution in [3.63, 3.8) is 0 Å². The van der Waals surface area contributed by atoms with Gasteiger partial charge in [0.2, 0.25) is 0 Å². The molecule has 1 heterocycles. The minimum absolute atomic E-state index is 0.0592. The van der Waals surface area contributed by atoms with E-state index < -0.39 is 0 Å². The number of tetrazole rings is 1. The maximum Gasteiger partial charge on any atom is 0.165 e. The zero-order chi connectivity index (χ0) is 12.2. The van der Waals surface area contributed by atoms with Crippen LogP contribution in [-0.4, -0.2) is 39.0 Å². The molecule has 92 valence electrons. The van der Waals surface area contributed by atoms with Gasteiger partial charge >= 0.3 is 0 Å². The predicted molar refractivity (Wildman–Crippen MR) is 60.9 cm³/mol. The van der Waals surface area contributed by atoms with Gasteiger partial charge in [-0.25, -0.2) is 4.68 Å². The Morgan fingerprint density at radius 1 is 1.44 bits per heavy atom. The summed E-state index contributed by atoms with van der Waals surface area (Å²) in [5, 5.41) is 15.0. The molecule has 1 aromatic heterocycles. The van der Waals surface area contributed by atoms with E-state index in [1.165, 1.54) is 0 Å². The minimum Gasteiger partial charge on any atom is -0.380 e. The van der Waals surface area contributed by atoms with Crippen molar-refractivity contribution in [3.8, 4) is 0 Å². The van der Waals surface area contributed by atoms with E-state index in [9.17, 15) is 0 Å². The van der Waals surface area contributed by atoms with Crippen LogP contribution < -0.4 is 5.32 Å². The normalized spacial score (nSPS) is 14.1. The zero-order valence-electron chi connectivity index (χ0n) is 10.7. The van der Waals surface area contributed by atoms with Crippen LogP contribution >= 0.6 is 0 Å². The number of ether oxygens (including phenoxy) is 1. The first-order valence-corrected chi connectivity index (χ1v) is 5.45. The molecule has 1 unspecified atom stereocenters. The molecular formula is C10H21N5O. The molecule has 0 saturated carbocycles. The molecule has 0 spiro atoms. The van der Waals surface area contributed by atoms with Gasteiger partial charge in [-0.05, 0) is 38.1 Å². The Labute approximate surface area is 96.4 Å². The third kappa shape index (κ3) is 4.24. The summed E-state index contributed by atoms with van der Waals surface area (Å²) in [5.74, 6) is 0.832. The number of methoxy groups -OCH3 is 1. The van der Waals surface area contributed by atoms with Crippen LogP contribution in [-0.2, 0) is 17.8 Å².